The topological polar surface area (TPSA) is 24.9 Å². The number of hydrogen-bond acceptors (Lipinski definition) is 3. The lowest BCUT2D eigenvalue weighted by molar-refractivity contribution is 0.674. The summed E-state index contributed by atoms with van der Waals surface area (Å²) in [5.74, 6) is 0.413. The quantitative estimate of drug-likeness (QED) is 0.903. The number of hydrogen-bond donors (Lipinski definition) is 1. The first kappa shape index (κ1) is 13.8. The van der Waals surface area contributed by atoms with E-state index in [0.29, 0.717) is 16.0 Å². The Morgan fingerprint density at radius 2 is 2.11 bits per heavy atom. The van der Waals surface area contributed by atoms with Crippen molar-refractivity contribution in [1.29, 1.82) is 0 Å². The molecule has 0 aliphatic heterocycles. The third-order valence-electron chi connectivity index (χ3n) is 2.67. The summed E-state index contributed by atoms with van der Waals surface area (Å²) in [6.07, 6.45) is 0. The number of nitrogens with zero attached hydrogens (tertiary/aromatic N) is 1. The Morgan fingerprint density at radius 1 is 1.33 bits per heavy atom. The van der Waals surface area contributed by atoms with Gasteiger partial charge in [-0.05, 0) is 19.2 Å². The molecule has 1 N–H and O–H groups in total. The normalized spacial score (nSPS) is 12.7. The van der Waals surface area contributed by atoms with Crippen molar-refractivity contribution in [3.8, 4) is 11.3 Å². The van der Waals surface area contributed by atoms with Crippen LogP contribution in [0.2, 0.25) is 10.0 Å². The number of rotatable bonds is 4. The molecule has 0 bridgehead atoms. The molecule has 1 aromatic heterocycles. The largest absolute Gasteiger partial charge is 0.319 e. The second kappa shape index (κ2) is 6.02. The standard InChI is InChI=1S/C13H14Cl2N2S/c1-8(6-16-2)13-17-12(7-18-13)9-3-4-10(14)11(15)5-9/h3-5,7-8,16H,6H2,1-2H3. The van der Waals surface area contributed by atoms with Crippen LogP contribution < -0.4 is 5.32 Å². The van der Waals surface area contributed by atoms with Crippen LogP contribution in [0.1, 0.15) is 17.8 Å². The lowest BCUT2D eigenvalue weighted by Crippen LogP contribution is -2.14. The van der Waals surface area contributed by atoms with Crippen LogP contribution in [0.3, 0.4) is 0 Å². The van der Waals surface area contributed by atoms with Gasteiger partial charge in [-0.1, -0.05) is 36.2 Å². The highest BCUT2D eigenvalue weighted by atomic mass is 35.5. The van der Waals surface area contributed by atoms with Gasteiger partial charge in [0, 0.05) is 23.4 Å². The molecule has 0 saturated carbocycles. The predicted molar refractivity (Wildman–Crippen MR) is 79.9 cm³/mol. The van der Waals surface area contributed by atoms with Crippen LogP contribution in [-0.4, -0.2) is 18.6 Å². The second-order valence-corrected chi connectivity index (χ2v) is 5.86. The first-order valence-electron chi connectivity index (χ1n) is 5.67. The van der Waals surface area contributed by atoms with E-state index >= 15 is 0 Å². The molecule has 0 radical (unpaired) electrons. The Kier molecular flexibility index (Phi) is 4.62. The van der Waals surface area contributed by atoms with E-state index < -0.39 is 0 Å². The molecule has 18 heavy (non-hydrogen) atoms. The Labute approximate surface area is 121 Å². The van der Waals surface area contributed by atoms with E-state index in [1.807, 2.05) is 19.2 Å². The molecular formula is C13H14Cl2N2S. The van der Waals surface area contributed by atoms with Gasteiger partial charge in [0.2, 0.25) is 0 Å². The highest BCUT2D eigenvalue weighted by Gasteiger charge is 2.11. The van der Waals surface area contributed by atoms with Gasteiger partial charge in [0.05, 0.1) is 20.7 Å². The Balaban J connectivity index is 2.26. The molecule has 1 atom stereocenters. The van der Waals surface area contributed by atoms with Gasteiger partial charge in [-0.2, -0.15) is 0 Å². The van der Waals surface area contributed by atoms with Crippen LogP contribution in [0.15, 0.2) is 23.6 Å². The highest BCUT2D eigenvalue weighted by Crippen LogP contribution is 2.30. The minimum Gasteiger partial charge on any atom is -0.319 e. The maximum atomic E-state index is 6.02. The average molecular weight is 301 g/mol. The highest BCUT2D eigenvalue weighted by molar-refractivity contribution is 7.10. The number of aromatic nitrogens is 1. The molecule has 2 nitrogen and oxygen atoms in total. The molecule has 0 fully saturated rings. The van der Waals surface area contributed by atoms with Crippen LogP contribution in [0.4, 0.5) is 0 Å². The molecule has 2 aromatic rings. The van der Waals surface area contributed by atoms with Gasteiger partial charge in [-0.3, -0.25) is 0 Å². The van der Waals surface area contributed by atoms with Gasteiger partial charge in [-0.15, -0.1) is 11.3 Å². The summed E-state index contributed by atoms with van der Waals surface area (Å²) in [6.45, 7) is 3.09. The molecule has 1 heterocycles. The maximum Gasteiger partial charge on any atom is 0.0973 e. The predicted octanol–water partition coefficient (Wildman–Crippen LogP) is 4.44. The summed E-state index contributed by atoms with van der Waals surface area (Å²) in [7, 11) is 1.95. The van der Waals surface area contributed by atoms with E-state index in [1.165, 1.54) is 0 Å². The monoisotopic (exact) mass is 300 g/mol. The van der Waals surface area contributed by atoms with Gasteiger partial charge >= 0.3 is 0 Å². The number of thiazole rings is 1. The van der Waals surface area contributed by atoms with Crippen LogP contribution in [0.5, 0.6) is 0 Å². The second-order valence-electron chi connectivity index (χ2n) is 4.16. The molecule has 0 spiro atoms. The van der Waals surface area contributed by atoms with Crippen molar-refractivity contribution in [2.75, 3.05) is 13.6 Å². The molecule has 0 aliphatic rings. The first-order chi connectivity index (χ1) is 8.61. The minimum absolute atomic E-state index is 0.413. The molecular weight excluding hydrogens is 287 g/mol. The van der Waals surface area contributed by atoms with Crippen molar-refractivity contribution >= 4 is 34.5 Å². The summed E-state index contributed by atoms with van der Waals surface area (Å²) in [5, 5.41) is 7.48. The molecule has 2 rings (SSSR count). The van der Waals surface area contributed by atoms with Crippen molar-refractivity contribution < 1.29 is 0 Å². The van der Waals surface area contributed by atoms with Crippen molar-refractivity contribution in [2.45, 2.75) is 12.8 Å². The van der Waals surface area contributed by atoms with E-state index in [9.17, 15) is 0 Å². The van der Waals surface area contributed by atoms with Gasteiger partial charge in [0.15, 0.2) is 0 Å². The van der Waals surface area contributed by atoms with Crippen LogP contribution in [-0.2, 0) is 0 Å². The van der Waals surface area contributed by atoms with E-state index in [-0.39, 0.29) is 0 Å². The molecule has 0 saturated heterocycles. The van der Waals surface area contributed by atoms with E-state index in [4.69, 9.17) is 23.2 Å². The van der Waals surface area contributed by atoms with Crippen LogP contribution in [0, 0.1) is 0 Å². The summed E-state index contributed by atoms with van der Waals surface area (Å²) in [5.41, 5.74) is 1.96. The van der Waals surface area contributed by atoms with Crippen LogP contribution >= 0.6 is 34.5 Å². The number of halogens is 2. The molecule has 96 valence electrons. The Bertz CT molecular complexity index is 540. The van der Waals surface area contributed by atoms with Crippen molar-refractivity contribution in [3.05, 3.63) is 38.6 Å². The zero-order valence-corrected chi connectivity index (χ0v) is 12.5. The van der Waals surface area contributed by atoms with Gasteiger partial charge in [0.25, 0.3) is 0 Å². The summed E-state index contributed by atoms with van der Waals surface area (Å²) in [6, 6.07) is 5.59. The van der Waals surface area contributed by atoms with E-state index in [2.05, 4.69) is 22.6 Å². The number of likely N-dealkylation sites (N-methyl/N-ethyl adjacent to an activating group) is 1. The van der Waals surface area contributed by atoms with Gasteiger partial charge in [0.1, 0.15) is 0 Å². The van der Waals surface area contributed by atoms with Gasteiger partial charge < -0.3 is 5.32 Å². The zero-order valence-electron chi connectivity index (χ0n) is 10.2. The van der Waals surface area contributed by atoms with E-state index in [0.717, 1.165) is 22.8 Å². The summed E-state index contributed by atoms with van der Waals surface area (Å²) >= 11 is 13.6. The Morgan fingerprint density at radius 3 is 2.78 bits per heavy atom. The fourth-order valence-corrected chi connectivity index (χ4v) is 2.88. The maximum absolute atomic E-state index is 6.02. The number of nitrogens with one attached hydrogen (secondary N) is 1. The summed E-state index contributed by atoms with van der Waals surface area (Å²) in [4.78, 5) is 4.65. The van der Waals surface area contributed by atoms with Crippen LogP contribution in [0.25, 0.3) is 11.3 Å². The molecule has 0 aliphatic carbocycles. The fraction of sp³-hybridized carbons (Fsp3) is 0.308. The molecule has 5 heteroatoms. The zero-order chi connectivity index (χ0) is 13.1. The first-order valence-corrected chi connectivity index (χ1v) is 7.31. The molecule has 1 aromatic carbocycles. The lowest BCUT2D eigenvalue weighted by Gasteiger charge is -2.06. The summed E-state index contributed by atoms with van der Waals surface area (Å²) < 4.78 is 0. The smallest absolute Gasteiger partial charge is 0.0973 e. The molecule has 0 amide bonds. The van der Waals surface area contributed by atoms with Crippen molar-refractivity contribution in [1.82, 2.24) is 10.3 Å². The minimum atomic E-state index is 0.413. The average Bonchev–Trinajstić information content (AvgIpc) is 2.82. The number of benzene rings is 1. The third-order valence-corrected chi connectivity index (χ3v) is 4.48. The van der Waals surface area contributed by atoms with E-state index in [1.54, 1.807) is 17.4 Å². The molecule has 1 unspecified atom stereocenters. The van der Waals surface area contributed by atoms with Gasteiger partial charge in [-0.25, -0.2) is 4.98 Å². The lowest BCUT2D eigenvalue weighted by atomic mass is 10.1. The van der Waals surface area contributed by atoms with Crippen molar-refractivity contribution in [2.24, 2.45) is 0 Å². The van der Waals surface area contributed by atoms with Crippen molar-refractivity contribution in [3.63, 3.8) is 0 Å². The SMILES string of the molecule is CNCC(C)c1nc(-c2ccc(Cl)c(Cl)c2)cs1. The Hall–Kier alpha value is -0.610. The fourth-order valence-electron chi connectivity index (χ4n) is 1.70. The third kappa shape index (κ3) is 3.04.